The lowest BCUT2D eigenvalue weighted by Gasteiger charge is -2.43. The number of aryl methyl sites for hydroxylation is 2. The SMILES string of the molecule is Cc1nc(CCC2CC[C@H](c3cccc(C(F)(F)F)c3)O2)c(C)c(C(=O)N2CCC(N3CCC(N(C)S(C)(=O)=O)CC3)CC2)n1. The Kier molecular flexibility index (Phi) is 10.2. The van der Waals surface area contributed by atoms with Crippen LogP contribution in [0, 0.1) is 13.8 Å². The van der Waals surface area contributed by atoms with E-state index in [1.165, 1.54) is 22.7 Å². The van der Waals surface area contributed by atoms with Crippen LogP contribution in [0.15, 0.2) is 24.3 Å². The number of rotatable bonds is 8. The molecule has 248 valence electrons. The number of sulfonamides is 1. The second kappa shape index (κ2) is 13.6. The van der Waals surface area contributed by atoms with E-state index in [9.17, 15) is 26.4 Å². The first-order chi connectivity index (χ1) is 21.2. The maximum atomic E-state index is 13.6. The first-order valence-electron chi connectivity index (χ1n) is 15.8. The van der Waals surface area contributed by atoms with E-state index in [0.29, 0.717) is 55.5 Å². The Balaban J connectivity index is 1.14. The van der Waals surface area contributed by atoms with Crippen molar-refractivity contribution in [2.45, 2.75) is 95.7 Å². The van der Waals surface area contributed by atoms with Crippen LogP contribution in [0.1, 0.15) is 89.7 Å². The van der Waals surface area contributed by atoms with Crippen molar-refractivity contribution < 1.29 is 31.1 Å². The van der Waals surface area contributed by atoms with Crippen LogP contribution in [0.5, 0.6) is 0 Å². The minimum Gasteiger partial charge on any atom is -0.370 e. The molecule has 1 unspecified atom stereocenters. The van der Waals surface area contributed by atoms with Crippen molar-refractivity contribution in [1.29, 1.82) is 0 Å². The molecule has 2 aromatic rings. The summed E-state index contributed by atoms with van der Waals surface area (Å²) >= 11 is 0. The van der Waals surface area contributed by atoms with Crippen LogP contribution in [0.25, 0.3) is 0 Å². The molecule has 0 spiro atoms. The number of alkyl halides is 3. The van der Waals surface area contributed by atoms with Crippen LogP contribution < -0.4 is 0 Å². The van der Waals surface area contributed by atoms with Crippen LogP contribution in [-0.2, 0) is 27.4 Å². The van der Waals surface area contributed by atoms with E-state index >= 15 is 0 Å². The van der Waals surface area contributed by atoms with Gasteiger partial charge in [0.25, 0.3) is 5.91 Å². The Hall–Kier alpha value is -2.61. The number of likely N-dealkylation sites (tertiary alicyclic amines) is 2. The quantitative estimate of drug-likeness (QED) is 0.400. The molecule has 3 aliphatic rings. The predicted octanol–water partition coefficient (Wildman–Crippen LogP) is 4.93. The van der Waals surface area contributed by atoms with Gasteiger partial charge in [-0.2, -0.15) is 13.2 Å². The molecule has 3 aliphatic heterocycles. The van der Waals surface area contributed by atoms with Gasteiger partial charge in [0.1, 0.15) is 11.5 Å². The number of benzene rings is 1. The molecule has 1 aromatic heterocycles. The molecule has 13 heteroatoms. The van der Waals surface area contributed by atoms with Gasteiger partial charge in [0.2, 0.25) is 10.0 Å². The fraction of sp³-hybridized carbons (Fsp3) is 0.656. The van der Waals surface area contributed by atoms with Crippen molar-refractivity contribution in [3.8, 4) is 0 Å². The number of aromatic nitrogens is 2. The number of piperidine rings is 2. The second-order valence-electron chi connectivity index (χ2n) is 12.7. The number of hydrogen-bond donors (Lipinski definition) is 0. The predicted molar refractivity (Wildman–Crippen MR) is 164 cm³/mol. The Labute approximate surface area is 264 Å². The zero-order valence-electron chi connectivity index (χ0n) is 26.5. The van der Waals surface area contributed by atoms with Gasteiger partial charge in [-0.3, -0.25) is 4.79 Å². The fourth-order valence-corrected chi connectivity index (χ4v) is 7.74. The third-order valence-electron chi connectivity index (χ3n) is 9.76. The summed E-state index contributed by atoms with van der Waals surface area (Å²) in [6.45, 7) is 6.64. The molecule has 9 nitrogen and oxygen atoms in total. The van der Waals surface area contributed by atoms with Crippen LogP contribution >= 0.6 is 0 Å². The standard InChI is InChI=1S/C32H44F3N5O4S/c1-21-28(10-8-27-9-11-29(44-27)23-6-5-7-24(20-23)32(33,34)35)36-22(2)37-30(21)31(41)40-18-14-26(15-19-40)39-16-12-25(13-17-39)38(3)45(4,42)43/h5-7,20,25-27,29H,8-19H2,1-4H3/t27?,29-/m1/s1. The smallest absolute Gasteiger partial charge is 0.370 e. The van der Waals surface area contributed by atoms with Crippen LogP contribution in [-0.4, -0.2) is 96.1 Å². The van der Waals surface area contributed by atoms with E-state index < -0.39 is 21.8 Å². The molecule has 3 fully saturated rings. The Morgan fingerprint density at radius 3 is 2.36 bits per heavy atom. The summed E-state index contributed by atoms with van der Waals surface area (Å²) in [4.78, 5) is 27.1. The lowest BCUT2D eigenvalue weighted by Crippen LogP contribution is -2.52. The van der Waals surface area contributed by atoms with E-state index in [2.05, 4.69) is 14.9 Å². The molecule has 3 saturated heterocycles. The van der Waals surface area contributed by atoms with Gasteiger partial charge >= 0.3 is 6.18 Å². The monoisotopic (exact) mass is 651 g/mol. The Morgan fingerprint density at radius 2 is 1.71 bits per heavy atom. The number of hydrogen-bond acceptors (Lipinski definition) is 7. The summed E-state index contributed by atoms with van der Waals surface area (Å²) in [6, 6.07) is 5.76. The largest absolute Gasteiger partial charge is 0.416 e. The molecule has 45 heavy (non-hydrogen) atoms. The number of carbonyl (C=O) groups excluding carboxylic acids is 1. The van der Waals surface area contributed by atoms with Crippen molar-refractivity contribution in [2.24, 2.45) is 0 Å². The zero-order valence-corrected chi connectivity index (χ0v) is 27.3. The topological polar surface area (TPSA) is 95.9 Å². The molecule has 5 rings (SSSR count). The van der Waals surface area contributed by atoms with Gasteiger partial charge in [-0.05, 0) is 96.0 Å². The van der Waals surface area contributed by atoms with Gasteiger partial charge in [-0.15, -0.1) is 0 Å². The van der Waals surface area contributed by atoms with Crippen LogP contribution in [0.3, 0.4) is 0 Å². The summed E-state index contributed by atoms with van der Waals surface area (Å²) in [6.07, 6.45) is 2.37. The molecule has 0 bridgehead atoms. The molecule has 0 aliphatic carbocycles. The molecular formula is C32H44F3N5O4S. The molecule has 0 radical (unpaired) electrons. The molecular weight excluding hydrogens is 607 g/mol. The highest BCUT2D eigenvalue weighted by Crippen LogP contribution is 2.37. The lowest BCUT2D eigenvalue weighted by atomic mass is 9.97. The fourth-order valence-electron chi connectivity index (χ4n) is 6.98. The van der Waals surface area contributed by atoms with Gasteiger partial charge in [0.15, 0.2) is 0 Å². The van der Waals surface area contributed by atoms with Gasteiger partial charge in [0, 0.05) is 43.5 Å². The summed E-state index contributed by atoms with van der Waals surface area (Å²) in [5, 5.41) is 0. The molecule has 2 atom stereocenters. The number of ether oxygens (including phenoxy) is 1. The van der Waals surface area contributed by atoms with Gasteiger partial charge in [-0.25, -0.2) is 22.7 Å². The average molecular weight is 652 g/mol. The minimum absolute atomic E-state index is 0.0353. The van der Waals surface area contributed by atoms with E-state index in [1.807, 2.05) is 11.8 Å². The van der Waals surface area contributed by atoms with Gasteiger partial charge in [0.05, 0.1) is 24.0 Å². The highest BCUT2D eigenvalue weighted by Gasteiger charge is 2.35. The average Bonchev–Trinajstić information content (AvgIpc) is 3.49. The second-order valence-corrected chi connectivity index (χ2v) is 14.8. The first-order valence-corrected chi connectivity index (χ1v) is 17.7. The number of halogens is 3. The van der Waals surface area contributed by atoms with E-state index in [0.717, 1.165) is 62.5 Å². The van der Waals surface area contributed by atoms with Crippen molar-refractivity contribution in [2.75, 3.05) is 39.5 Å². The number of carbonyl (C=O) groups is 1. The van der Waals surface area contributed by atoms with E-state index in [1.54, 1.807) is 20.0 Å². The molecule has 0 N–H and O–H groups in total. The normalized spacial score (nSPS) is 22.8. The highest BCUT2D eigenvalue weighted by atomic mass is 32.2. The maximum absolute atomic E-state index is 13.6. The van der Waals surface area contributed by atoms with Crippen molar-refractivity contribution in [3.63, 3.8) is 0 Å². The maximum Gasteiger partial charge on any atom is 0.416 e. The molecule has 4 heterocycles. The molecule has 1 aromatic carbocycles. The lowest BCUT2D eigenvalue weighted by molar-refractivity contribution is -0.137. The van der Waals surface area contributed by atoms with Crippen molar-refractivity contribution in [1.82, 2.24) is 24.1 Å². The van der Waals surface area contributed by atoms with Crippen molar-refractivity contribution >= 4 is 15.9 Å². The zero-order chi connectivity index (χ0) is 32.5. The number of amides is 1. The highest BCUT2D eigenvalue weighted by molar-refractivity contribution is 7.88. The summed E-state index contributed by atoms with van der Waals surface area (Å²) in [7, 11) is -1.54. The van der Waals surface area contributed by atoms with E-state index in [4.69, 9.17) is 4.74 Å². The van der Waals surface area contributed by atoms with Crippen molar-refractivity contribution in [3.05, 3.63) is 58.2 Å². The Bertz CT molecular complexity index is 1470. The summed E-state index contributed by atoms with van der Waals surface area (Å²) in [5.41, 5.74) is 1.86. The van der Waals surface area contributed by atoms with Gasteiger partial charge < -0.3 is 14.5 Å². The van der Waals surface area contributed by atoms with Gasteiger partial charge in [-0.1, -0.05) is 12.1 Å². The molecule has 1 amide bonds. The molecule has 0 saturated carbocycles. The van der Waals surface area contributed by atoms with Crippen LogP contribution in [0.4, 0.5) is 13.2 Å². The van der Waals surface area contributed by atoms with E-state index in [-0.39, 0.29) is 24.2 Å². The summed E-state index contributed by atoms with van der Waals surface area (Å²) in [5.74, 6) is 0.442. The summed E-state index contributed by atoms with van der Waals surface area (Å²) < 4.78 is 71.0. The Morgan fingerprint density at radius 1 is 1.02 bits per heavy atom. The van der Waals surface area contributed by atoms with Crippen LogP contribution in [0.2, 0.25) is 0 Å². The third kappa shape index (κ3) is 8.04. The first kappa shape index (κ1) is 33.7. The third-order valence-corrected chi connectivity index (χ3v) is 11.1. The minimum atomic E-state index is -4.39. The number of nitrogens with zero attached hydrogens (tertiary/aromatic N) is 5.